The summed E-state index contributed by atoms with van der Waals surface area (Å²) in [7, 11) is 1.59. The Hall–Kier alpha value is -1.53. The molecule has 6 heteroatoms. The summed E-state index contributed by atoms with van der Waals surface area (Å²) in [5.74, 6) is 1.48. The molecular formula is C13H15N3OS2. The van der Waals surface area contributed by atoms with E-state index >= 15 is 0 Å². The fraction of sp³-hybridized carbons (Fsp3) is 0.231. The molecule has 0 unspecified atom stereocenters. The number of hydrogen-bond acceptors (Lipinski definition) is 5. The summed E-state index contributed by atoms with van der Waals surface area (Å²) in [6, 6.07) is 5.71. The molecule has 3 N–H and O–H groups in total. The largest absolute Gasteiger partial charge is 0.496 e. The minimum Gasteiger partial charge on any atom is -0.496 e. The van der Waals surface area contributed by atoms with E-state index in [0.717, 1.165) is 21.3 Å². The zero-order valence-corrected chi connectivity index (χ0v) is 12.4. The highest BCUT2D eigenvalue weighted by atomic mass is 32.2. The van der Waals surface area contributed by atoms with Gasteiger partial charge in [0.15, 0.2) is 0 Å². The highest BCUT2D eigenvalue weighted by Crippen LogP contribution is 2.28. The molecule has 0 fully saturated rings. The molecule has 0 aliphatic carbocycles. The van der Waals surface area contributed by atoms with Crippen molar-refractivity contribution in [1.29, 1.82) is 5.41 Å². The van der Waals surface area contributed by atoms with Crippen molar-refractivity contribution in [3.05, 3.63) is 40.4 Å². The van der Waals surface area contributed by atoms with Crippen LogP contribution in [0.3, 0.4) is 0 Å². The average Bonchev–Trinajstić information content (AvgIpc) is 2.81. The maximum atomic E-state index is 7.47. The zero-order valence-electron chi connectivity index (χ0n) is 10.8. The summed E-state index contributed by atoms with van der Waals surface area (Å²) in [5.41, 5.74) is 8.30. The number of amidine groups is 1. The second kappa shape index (κ2) is 6.08. The number of thiazole rings is 1. The van der Waals surface area contributed by atoms with E-state index in [1.165, 1.54) is 0 Å². The van der Waals surface area contributed by atoms with Gasteiger partial charge in [0, 0.05) is 16.8 Å². The molecule has 0 saturated heterocycles. The Kier molecular flexibility index (Phi) is 4.44. The van der Waals surface area contributed by atoms with E-state index in [9.17, 15) is 0 Å². The van der Waals surface area contributed by atoms with Crippen molar-refractivity contribution in [2.45, 2.75) is 17.0 Å². The van der Waals surface area contributed by atoms with Crippen molar-refractivity contribution in [1.82, 2.24) is 4.98 Å². The van der Waals surface area contributed by atoms with Crippen LogP contribution in [-0.4, -0.2) is 17.9 Å². The number of nitrogen functional groups attached to an aromatic ring is 1. The van der Waals surface area contributed by atoms with Gasteiger partial charge in [-0.05, 0) is 24.6 Å². The number of aryl methyl sites for hydroxylation is 1. The number of nitrogens with one attached hydrogen (secondary N) is 1. The minimum atomic E-state index is 0.0200. The van der Waals surface area contributed by atoms with E-state index in [2.05, 4.69) is 4.98 Å². The van der Waals surface area contributed by atoms with Crippen LogP contribution in [-0.2, 0) is 5.75 Å². The lowest BCUT2D eigenvalue weighted by molar-refractivity contribution is 0.413. The molecule has 1 aromatic heterocycles. The Morgan fingerprint density at radius 2 is 2.32 bits per heavy atom. The molecule has 100 valence electrons. The predicted octanol–water partition coefficient (Wildman–Crippen LogP) is 3.04. The smallest absolute Gasteiger partial charge is 0.150 e. The van der Waals surface area contributed by atoms with E-state index in [-0.39, 0.29) is 5.84 Å². The van der Waals surface area contributed by atoms with Gasteiger partial charge in [-0.3, -0.25) is 5.41 Å². The molecule has 0 spiro atoms. The second-order valence-electron chi connectivity index (χ2n) is 3.99. The molecular weight excluding hydrogens is 278 g/mol. The van der Waals surface area contributed by atoms with E-state index < -0.39 is 0 Å². The van der Waals surface area contributed by atoms with Crippen LogP contribution in [0.4, 0.5) is 0 Å². The maximum absolute atomic E-state index is 7.47. The van der Waals surface area contributed by atoms with Gasteiger partial charge in [-0.15, -0.1) is 11.3 Å². The molecule has 0 radical (unpaired) electrons. The summed E-state index contributed by atoms with van der Waals surface area (Å²) in [6.07, 6.45) is 0. The van der Waals surface area contributed by atoms with Crippen LogP contribution in [0.15, 0.2) is 27.9 Å². The number of nitrogens with zero attached hydrogens (tertiary/aromatic N) is 1. The SMILES string of the molecule is COc1cc(CSc2nc(C)cs2)ccc1C(=N)N. The number of benzene rings is 1. The molecule has 4 nitrogen and oxygen atoms in total. The lowest BCUT2D eigenvalue weighted by Crippen LogP contribution is -2.12. The molecule has 0 aliphatic heterocycles. The molecule has 0 atom stereocenters. The highest BCUT2D eigenvalue weighted by Gasteiger charge is 2.08. The van der Waals surface area contributed by atoms with Crippen molar-refractivity contribution in [2.75, 3.05) is 7.11 Å². The van der Waals surface area contributed by atoms with Crippen molar-refractivity contribution in [3.63, 3.8) is 0 Å². The first-order valence-electron chi connectivity index (χ1n) is 5.66. The quantitative estimate of drug-likeness (QED) is 0.505. The second-order valence-corrected chi connectivity index (χ2v) is 6.07. The Morgan fingerprint density at radius 3 is 2.89 bits per heavy atom. The normalized spacial score (nSPS) is 10.4. The van der Waals surface area contributed by atoms with Gasteiger partial charge >= 0.3 is 0 Å². The monoisotopic (exact) mass is 293 g/mol. The molecule has 0 bridgehead atoms. The van der Waals surface area contributed by atoms with E-state index in [4.69, 9.17) is 15.9 Å². The summed E-state index contributed by atoms with van der Waals surface area (Å²) in [5, 5.41) is 9.52. The molecule has 2 aromatic rings. The topological polar surface area (TPSA) is 72.0 Å². The van der Waals surface area contributed by atoms with Crippen molar-refractivity contribution in [3.8, 4) is 5.75 Å². The average molecular weight is 293 g/mol. The van der Waals surface area contributed by atoms with Gasteiger partial charge in [0.25, 0.3) is 0 Å². The van der Waals surface area contributed by atoms with Gasteiger partial charge in [0.05, 0.1) is 12.7 Å². The Bertz CT molecular complexity index is 595. The standard InChI is InChI=1S/C13H15N3OS2/c1-8-6-18-13(16-8)19-7-9-3-4-10(12(14)15)11(5-9)17-2/h3-6H,7H2,1-2H3,(H3,14,15). The number of rotatable bonds is 5. The van der Waals surface area contributed by atoms with Crippen molar-refractivity contribution in [2.24, 2.45) is 5.73 Å². The lowest BCUT2D eigenvalue weighted by atomic mass is 10.1. The Balaban J connectivity index is 2.11. The summed E-state index contributed by atoms with van der Waals surface area (Å²) >= 11 is 3.35. The molecule has 1 aromatic carbocycles. The maximum Gasteiger partial charge on any atom is 0.150 e. The third-order valence-electron chi connectivity index (χ3n) is 2.52. The van der Waals surface area contributed by atoms with E-state index in [1.54, 1.807) is 30.2 Å². The number of hydrogen-bond donors (Lipinski definition) is 2. The Morgan fingerprint density at radius 1 is 1.53 bits per heavy atom. The third-order valence-corrected chi connectivity index (χ3v) is 4.73. The molecule has 0 aliphatic rings. The molecule has 1 heterocycles. The number of methoxy groups -OCH3 is 1. The number of aromatic nitrogens is 1. The molecule has 0 saturated carbocycles. The van der Waals surface area contributed by atoms with Crippen LogP contribution >= 0.6 is 23.1 Å². The first kappa shape index (κ1) is 13.9. The third kappa shape index (κ3) is 3.48. The van der Waals surface area contributed by atoms with Crippen molar-refractivity contribution >= 4 is 28.9 Å². The van der Waals surface area contributed by atoms with Crippen LogP contribution in [0.25, 0.3) is 0 Å². The number of ether oxygens (including phenoxy) is 1. The van der Waals surface area contributed by atoms with Crippen molar-refractivity contribution < 1.29 is 4.74 Å². The minimum absolute atomic E-state index is 0.0200. The first-order chi connectivity index (χ1) is 9.10. The molecule has 2 rings (SSSR count). The van der Waals surface area contributed by atoms with Crippen LogP contribution in [0.2, 0.25) is 0 Å². The zero-order chi connectivity index (χ0) is 13.8. The molecule has 0 amide bonds. The molecule has 19 heavy (non-hydrogen) atoms. The van der Waals surface area contributed by atoms with Gasteiger partial charge < -0.3 is 10.5 Å². The van der Waals surface area contributed by atoms with Crippen LogP contribution in [0.1, 0.15) is 16.8 Å². The Labute approximate surface area is 120 Å². The fourth-order valence-electron chi connectivity index (χ4n) is 1.59. The first-order valence-corrected chi connectivity index (χ1v) is 7.53. The number of thioether (sulfide) groups is 1. The number of nitrogens with two attached hydrogens (primary N) is 1. The lowest BCUT2D eigenvalue weighted by Gasteiger charge is -2.09. The van der Waals surface area contributed by atoms with Crippen LogP contribution in [0, 0.1) is 12.3 Å². The van der Waals surface area contributed by atoms with Gasteiger partial charge in [-0.1, -0.05) is 17.8 Å². The van der Waals surface area contributed by atoms with Gasteiger partial charge in [-0.2, -0.15) is 0 Å². The predicted molar refractivity (Wildman–Crippen MR) is 80.4 cm³/mol. The van der Waals surface area contributed by atoms with Crippen LogP contribution < -0.4 is 10.5 Å². The van der Waals surface area contributed by atoms with Gasteiger partial charge in [-0.25, -0.2) is 4.98 Å². The fourth-order valence-corrected chi connectivity index (χ4v) is 3.38. The van der Waals surface area contributed by atoms with E-state index in [0.29, 0.717) is 11.3 Å². The summed E-state index contributed by atoms with van der Waals surface area (Å²) in [4.78, 5) is 4.41. The summed E-state index contributed by atoms with van der Waals surface area (Å²) < 4.78 is 6.32. The van der Waals surface area contributed by atoms with E-state index in [1.807, 2.05) is 30.5 Å². The van der Waals surface area contributed by atoms with Gasteiger partial charge in [0.2, 0.25) is 0 Å². The highest BCUT2D eigenvalue weighted by molar-refractivity contribution is 8.00. The van der Waals surface area contributed by atoms with Gasteiger partial charge in [0.1, 0.15) is 15.9 Å². The summed E-state index contributed by atoms with van der Waals surface area (Å²) in [6.45, 7) is 1.99. The van der Waals surface area contributed by atoms with Crippen LogP contribution in [0.5, 0.6) is 5.75 Å².